The lowest BCUT2D eigenvalue weighted by Gasteiger charge is -2.54. The van der Waals surface area contributed by atoms with Crippen molar-refractivity contribution < 1.29 is 0 Å². The molecule has 2 aromatic rings. The highest BCUT2D eigenvalue weighted by atomic mass is 15.3. The van der Waals surface area contributed by atoms with Crippen LogP contribution in [0.5, 0.6) is 0 Å². The Balaban J connectivity index is 0.00000218. The highest BCUT2D eigenvalue weighted by molar-refractivity contribution is 5.83. The molecule has 3 heteroatoms. The van der Waals surface area contributed by atoms with Crippen LogP contribution in [-0.4, -0.2) is 34.3 Å². The molecule has 0 bridgehead atoms. The minimum Gasteiger partial charge on any atom is -0.304 e. The predicted molar refractivity (Wildman–Crippen MR) is 134 cm³/mol. The van der Waals surface area contributed by atoms with Crippen LogP contribution in [0.1, 0.15) is 95.7 Å². The molecule has 30 heavy (non-hydrogen) atoms. The predicted octanol–water partition coefficient (Wildman–Crippen LogP) is 7.49. The first-order valence-corrected chi connectivity index (χ1v) is 11.6. The quantitative estimate of drug-likeness (QED) is 0.504. The molecule has 0 aliphatic carbocycles. The molecule has 0 spiro atoms. The van der Waals surface area contributed by atoms with Crippen molar-refractivity contribution in [1.29, 1.82) is 0 Å². The van der Waals surface area contributed by atoms with Gasteiger partial charge in [-0.15, -0.1) is 0 Å². The number of fused-ring (bicyclic) bond motifs is 1. The van der Waals surface area contributed by atoms with Gasteiger partial charge in [0.15, 0.2) is 0 Å². The van der Waals surface area contributed by atoms with Crippen molar-refractivity contribution in [3.05, 3.63) is 30.0 Å². The molecule has 172 valence electrons. The fourth-order valence-electron chi connectivity index (χ4n) is 3.89. The van der Waals surface area contributed by atoms with Crippen molar-refractivity contribution in [3.63, 3.8) is 0 Å². The number of nitrogens with zero attached hydrogens (tertiary/aromatic N) is 3. The van der Waals surface area contributed by atoms with Gasteiger partial charge in [-0.05, 0) is 58.7 Å². The first-order valence-electron chi connectivity index (χ1n) is 11.6. The molecular formula is C27H49N3. The molecule has 0 saturated heterocycles. The van der Waals surface area contributed by atoms with Gasteiger partial charge in [0.25, 0.3) is 0 Å². The minimum absolute atomic E-state index is 0.000921. The lowest BCUT2D eigenvalue weighted by Crippen LogP contribution is -2.58. The fourth-order valence-corrected chi connectivity index (χ4v) is 3.89. The molecule has 3 nitrogen and oxygen atoms in total. The van der Waals surface area contributed by atoms with Gasteiger partial charge in [0.1, 0.15) is 0 Å². The van der Waals surface area contributed by atoms with Crippen LogP contribution in [0.4, 0.5) is 0 Å². The summed E-state index contributed by atoms with van der Waals surface area (Å²) in [4.78, 5) is 2.34. The van der Waals surface area contributed by atoms with Crippen molar-refractivity contribution in [2.75, 3.05) is 14.1 Å². The molecular weight excluding hydrogens is 366 g/mol. The summed E-state index contributed by atoms with van der Waals surface area (Å²) in [5, 5.41) is 6.61. The first-order chi connectivity index (χ1) is 13.4. The summed E-state index contributed by atoms with van der Waals surface area (Å²) in [5.74, 6) is 0. The van der Waals surface area contributed by atoms with Crippen molar-refractivity contribution in [2.45, 2.75) is 107 Å². The van der Waals surface area contributed by atoms with E-state index in [0.29, 0.717) is 0 Å². The van der Waals surface area contributed by atoms with E-state index in [0.717, 1.165) is 0 Å². The van der Waals surface area contributed by atoms with Crippen LogP contribution in [0.15, 0.2) is 24.3 Å². The standard InChI is InChI=1S/C25H43N3.C2H6/c1-21(2,3)24(8,9)28-19-17-15-14-16-18(19)20(26-28)22(4,5)23(6,7)25(10,11)27(12)13;1-2/h14-17H,1-13H3;1-2H3. The van der Waals surface area contributed by atoms with Crippen LogP contribution in [0, 0.1) is 10.8 Å². The summed E-state index contributed by atoms with van der Waals surface area (Å²) in [6.07, 6.45) is 0. The van der Waals surface area contributed by atoms with Crippen LogP contribution < -0.4 is 0 Å². The monoisotopic (exact) mass is 415 g/mol. The van der Waals surface area contributed by atoms with Crippen molar-refractivity contribution in [1.82, 2.24) is 14.7 Å². The maximum absolute atomic E-state index is 5.34. The van der Waals surface area contributed by atoms with Gasteiger partial charge in [-0.1, -0.05) is 80.5 Å². The Morgan fingerprint density at radius 1 is 0.767 bits per heavy atom. The van der Waals surface area contributed by atoms with E-state index in [1.807, 2.05) is 13.8 Å². The number of para-hydroxylation sites is 1. The first kappa shape index (κ1) is 26.7. The molecule has 0 radical (unpaired) electrons. The van der Waals surface area contributed by atoms with Crippen LogP contribution in [-0.2, 0) is 11.0 Å². The van der Waals surface area contributed by atoms with Crippen LogP contribution in [0.25, 0.3) is 10.9 Å². The Morgan fingerprint density at radius 3 is 1.67 bits per heavy atom. The van der Waals surface area contributed by atoms with E-state index < -0.39 is 0 Å². The Hall–Kier alpha value is -1.35. The molecule has 1 heterocycles. The zero-order valence-corrected chi connectivity index (χ0v) is 22.7. The lowest BCUT2D eigenvalue weighted by atomic mass is 9.56. The SMILES string of the molecule is CC.CN(C)C(C)(C)C(C)(C)C(C)(C)c1nn(C(C)(C)C(C)(C)C)c2ccccc12. The van der Waals surface area contributed by atoms with E-state index in [1.165, 1.54) is 16.6 Å². The normalized spacial score (nSPS) is 14.1. The van der Waals surface area contributed by atoms with Crippen LogP contribution in [0.2, 0.25) is 0 Å². The van der Waals surface area contributed by atoms with Gasteiger partial charge in [0.2, 0.25) is 0 Å². The van der Waals surface area contributed by atoms with Crippen LogP contribution >= 0.6 is 0 Å². The van der Waals surface area contributed by atoms with Gasteiger partial charge in [0.05, 0.1) is 16.7 Å². The van der Waals surface area contributed by atoms with Crippen LogP contribution in [0.3, 0.4) is 0 Å². The summed E-state index contributed by atoms with van der Waals surface area (Å²) in [7, 11) is 4.36. The van der Waals surface area contributed by atoms with E-state index in [1.54, 1.807) is 0 Å². The second-order valence-corrected chi connectivity index (χ2v) is 11.8. The summed E-state index contributed by atoms with van der Waals surface area (Å²) < 4.78 is 2.28. The molecule has 0 atom stereocenters. The number of rotatable bonds is 5. The third-order valence-electron chi connectivity index (χ3n) is 8.75. The van der Waals surface area contributed by atoms with Gasteiger partial charge < -0.3 is 4.90 Å². The molecule has 1 aromatic heterocycles. The third-order valence-corrected chi connectivity index (χ3v) is 8.75. The second kappa shape index (κ2) is 8.30. The smallest absolute Gasteiger partial charge is 0.0765 e. The van der Waals surface area contributed by atoms with Gasteiger partial charge in [-0.25, -0.2) is 0 Å². The summed E-state index contributed by atoms with van der Waals surface area (Å²) >= 11 is 0. The molecule has 0 aliphatic heterocycles. The number of aromatic nitrogens is 2. The Kier molecular flexibility index (Phi) is 7.38. The number of benzene rings is 1. The zero-order chi connectivity index (χ0) is 23.9. The van der Waals surface area contributed by atoms with Crippen molar-refractivity contribution in [2.24, 2.45) is 10.8 Å². The average molecular weight is 416 g/mol. The number of hydrogen-bond acceptors (Lipinski definition) is 2. The molecule has 0 N–H and O–H groups in total. The fraction of sp³-hybridized carbons (Fsp3) is 0.741. The highest BCUT2D eigenvalue weighted by Crippen LogP contribution is 2.51. The Bertz CT molecular complexity index is 843. The van der Waals surface area contributed by atoms with E-state index in [2.05, 4.69) is 124 Å². The topological polar surface area (TPSA) is 21.1 Å². The molecule has 1 aromatic carbocycles. The van der Waals surface area contributed by atoms with E-state index >= 15 is 0 Å². The molecule has 0 aliphatic rings. The number of hydrogen-bond donors (Lipinski definition) is 0. The third kappa shape index (κ3) is 3.95. The molecule has 0 amide bonds. The second-order valence-electron chi connectivity index (χ2n) is 11.8. The molecule has 2 rings (SSSR count). The maximum atomic E-state index is 5.34. The van der Waals surface area contributed by atoms with Gasteiger partial charge in [-0.3, -0.25) is 4.68 Å². The minimum atomic E-state index is -0.125. The van der Waals surface area contributed by atoms with Crippen molar-refractivity contribution in [3.8, 4) is 0 Å². The summed E-state index contributed by atoms with van der Waals surface area (Å²) in [5.41, 5.74) is 2.26. The van der Waals surface area contributed by atoms with Gasteiger partial charge in [0, 0.05) is 16.3 Å². The Labute approximate surface area is 187 Å². The van der Waals surface area contributed by atoms with E-state index in [9.17, 15) is 0 Å². The molecule has 0 unspecified atom stereocenters. The highest BCUT2D eigenvalue weighted by Gasteiger charge is 2.52. The van der Waals surface area contributed by atoms with E-state index in [-0.39, 0.29) is 27.3 Å². The van der Waals surface area contributed by atoms with Crippen molar-refractivity contribution >= 4 is 10.9 Å². The zero-order valence-electron chi connectivity index (χ0n) is 22.7. The lowest BCUT2D eigenvalue weighted by molar-refractivity contribution is -0.00574. The van der Waals surface area contributed by atoms with Gasteiger partial charge >= 0.3 is 0 Å². The summed E-state index contributed by atoms with van der Waals surface area (Å²) in [6.45, 7) is 29.7. The molecule has 0 saturated carbocycles. The Morgan fingerprint density at radius 2 is 1.23 bits per heavy atom. The van der Waals surface area contributed by atoms with E-state index in [4.69, 9.17) is 5.10 Å². The molecule has 0 fully saturated rings. The summed E-state index contributed by atoms with van der Waals surface area (Å²) in [6, 6.07) is 8.74. The van der Waals surface area contributed by atoms with Gasteiger partial charge in [-0.2, -0.15) is 5.10 Å². The average Bonchev–Trinajstić information content (AvgIpc) is 3.03. The largest absolute Gasteiger partial charge is 0.304 e. The maximum Gasteiger partial charge on any atom is 0.0765 e.